The van der Waals surface area contributed by atoms with E-state index >= 15 is 0 Å². The number of nitrogens with zero attached hydrogens (tertiary/aromatic N) is 1. The van der Waals surface area contributed by atoms with Gasteiger partial charge in [-0.3, -0.25) is 9.59 Å². The summed E-state index contributed by atoms with van der Waals surface area (Å²) < 4.78 is 11.8. The molecule has 0 spiro atoms. The van der Waals surface area contributed by atoms with Crippen LogP contribution in [0.4, 0.5) is 0 Å². The van der Waals surface area contributed by atoms with Gasteiger partial charge < -0.3 is 14.8 Å². The molecule has 0 heterocycles. The van der Waals surface area contributed by atoms with Gasteiger partial charge in [-0.15, -0.1) is 0 Å². The first-order chi connectivity index (χ1) is 14.3. The Hall–Kier alpha value is -2.04. The maximum Gasteiger partial charge on any atom is 0.251 e. The number of carbonyl (C=O) groups is 2. The second-order valence-corrected chi connectivity index (χ2v) is 7.87. The van der Waals surface area contributed by atoms with Gasteiger partial charge in [0, 0.05) is 18.5 Å². The van der Waals surface area contributed by atoms with Crippen molar-refractivity contribution in [3.05, 3.63) is 55.1 Å². The molecule has 160 valence electrons. The first kappa shape index (κ1) is 24.2. The first-order valence-corrected chi connectivity index (χ1v) is 10.7. The van der Waals surface area contributed by atoms with Crippen molar-refractivity contribution in [1.82, 2.24) is 10.7 Å². The Morgan fingerprint density at radius 2 is 1.97 bits per heavy atom. The fourth-order valence-corrected chi connectivity index (χ4v) is 3.44. The van der Waals surface area contributed by atoms with Crippen LogP contribution < -0.4 is 20.2 Å². The van der Waals surface area contributed by atoms with E-state index in [9.17, 15) is 9.59 Å². The lowest BCUT2D eigenvalue weighted by Gasteiger charge is -2.12. The van der Waals surface area contributed by atoms with E-state index in [4.69, 9.17) is 32.7 Å². The predicted molar refractivity (Wildman–Crippen MR) is 126 cm³/mol. The number of carbonyl (C=O) groups excluding carboxylic acids is 2. The lowest BCUT2D eigenvalue weighted by Crippen LogP contribution is -2.29. The summed E-state index contributed by atoms with van der Waals surface area (Å²) in [7, 11) is 1.56. The number of hydrazone groups is 1. The van der Waals surface area contributed by atoms with Crippen molar-refractivity contribution in [1.29, 1.82) is 0 Å². The normalized spacial score (nSPS) is 10.7. The van der Waals surface area contributed by atoms with Gasteiger partial charge in [0.2, 0.25) is 5.91 Å². The van der Waals surface area contributed by atoms with Crippen LogP contribution in [0.25, 0.3) is 0 Å². The van der Waals surface area contributed by atoms with E-state index < -0.39 is 0 Å². The number of hydrogen-bond donors (Lipinski definition) is 2. The Morgan fingerprint density at radius 3 is 2.63 bits per heavy atom. The molecule has 0 saturated heterocycles. The molecule has 0 aliphatic heterocycles. The van der Waals surface area contributed by atoms with Crippen LogP contribution in [-0.4, -0.2) is 38.3 Å². The van der Waals surface area contributed by atoms with E-state index in [1.165, 1.54) is 18.3 Å². The standard InChI is InChI=1S/C20H20Cl2IN3O4/c1-3-30-19-16(23)8-12(9-17(19)29-2)11-25-26-18(27)6-7-24-20(28)13-4-5-14(21)15(22)10-13/h4-5,8-11H,3,6-7H2,1-2H3,(H,24,28)(H,26,27). The molecule has 30 heavy (non-hydrogen) atoms. The average Bonchev–Trinajstić information content (AvgIpc) is 2.71. The molecule has 2 N–H and O–H groups in total. The van der Waals surface area contributed by atoms with Gasteiger partial charge in [0.15, 0.2) is 11.5 Å². The van der Waals surface area contributed by atoms with E-state index in [-0.39, 0.29) is 29.8 Å². The molecule has 0 fully saturated rings. The number of halogens is 3. The van der Waals surface area contributed by atoms with Crippen molar-refractivity contribution < 1.29 is 19.1 Å². The fraction of sp³-hybridized carbons (Fsp3) is 0.250. The van der Waals surface area contributed by atoms with Gasteiger partial charge in [0.25, 0.3) is 5.91 Å². The molecule has 7 nitrogen and oxygen atoms in total. The zero-order valence-corrected chi connectivity index (χ0v) is 20.0. The first-order valence-electron chi connectivity index (χ1n) is 8.91. The highest BCUT2D eigenvalue weighted by Gasteiger charge is 2.11. The quantitative estimate of drug-likeness (QED) is 0.271. The minimum atomic E-state index is -0.346. The molecule has 0 aliphatic carbocycles. The van der Waals surface area contributed by atoms with Crippen LogP contribution >= 0.6 is 45.8 Å². The second kappa shape index (κ2) is 12.0. The number of benzene rings is 2. The molecule has 2 aromatic carbocycles. The van der Waals surface area contributed by atoms with E-state index in [0.29, 0.717) is 28.7 Å². The highest BCUT2D eigenvalue weighted by molar-refractivity contribution is 14.1. The molecule has 0 atom stereocenters. The third kappa shape index (κ3) is 7.03. The van der Waals surface area contributed by atoms with Crippen molar-refractivity contribution in [2.24, 2.45) is 5.10 Å². The lowest BCUT2D eigenvalue weighted by molar-refractivity contribution is -0.120. The maximum atomic E-state index is 12.1. The predicted octanol–water partition coefficient (Wildman–Crippen LogP) is 4.28. The molecule has 0 aromatic heterocycles. The Bertz CT molecular complexity index is 954. The van der Waals surface area contributed by atoms with Gasteiger partial charge >= 0.3 is 0 Å². The molecule has 0 saturated carbocycles. The molecule has 0 radical (unpaired) electrons. The maximum absolute atomic E-state index is 12.1. The van der Waals surface area contributed by atoms with E-state index in [0.717, 1.165) is 9.13 Å². The zero-order chi connectivity index (χ0) is 22.1. The fourth-order valence-electron chi connectivity index (χ4n) is 2.36. The molecular weight excluding hydrogens is 544 g/mol. The van der Waals surface area contributed by atoms with Crippen molar-refractivity contribution in [2.45, 2.75) is 13.3 Å². The minimum Gasteiger partial charge on any atom is -0.493 e. The van der Waals surface area contributed by atoms with Crippen LogP contribution in [0, 0.1) is 3.57 Å². The number of nitrogens with one attached hydrogen (secondary N) is 2. The van der Waals surface area contributed by atoms with E-state index in [2.05, 4.69) is 38.4 Å². The largest absolute Gasteiger partial charge is 0.493 e. The van der Waals surface area contributed by atoms with E-state index in [1.54, 1.807) is 19.2 Å². The number of hydrogen-bond acceptors (Lipinski definition) is 5. The third-order valence-electron chi connectivity index (χ3n) is 3.76. The summed E-state index contributed by atoms with van der Waals surface area (Å²) >= 11 is 13.9. The number of amides is 2. The summed E-state index contributed by atoms with van der Waals surface area (Å²) in [4.78, 5) is 24.0. The van der Waals surface area contributed by atoms with Crippen molar-refractivity contribution in [3.63, 3.8) is 0 Å². The van der Waals surface area contributed by atoms with Crippen molar-refractivity contribution in [2.75, 3.05) is 20.3 Å². The number of rotatable bonds is 9. The van der Waals surface area contributed by atoms with Gasteiger partial charge in [-0.2, -0.15) is 5.10 Å². The van der Waals surface area contributed by atoms with Crippen molar-refractivity contribution >= 4 is 63.8 Å². The Morgan fingerprint density at radius 1 is 1.20 bits per heavy atom. The summed E-state index contributed by atoms with van der Waals surface area (Å²) in [6.45, 7) is 2.57. The summed E-state index contributed by atoms with van der Waals surface area (Å²) in [5, 5.41) is 7.24. The summed E-state index contributed by atoms with van der Waals surface area (Å²) in [5.41, 5.74) is 3.53. The molecular formula is C20H20Cl2IN3O4. The van der Waals surface area contributed by atoms with E-state index in [1.807, 2.05) is 13.0 Å². The molecule has 2 rings (SSSR count). The summed E-state index contributed by atoms with van der Waals surface area (Å²) in [6.07, 6.45) is 1.57. The monoisotopic (exact) mass is 563 g/mol. The van der Waals surface area contributed by atoms with Crippen molar-refractivity contribution in [3.8, 4) is 11.5 Å². The smallest absolute Gasteiger partial charge is 0.251 e. The van der Waals surface area contributed by atoms with Gasteiger partial charge in [-0.25, -0.2) is 5.43 Å². The average molecular weight is 564 g/mol. The Labute approximate surface area is 198 Å². The zero-order valence-electron chi connectivity index (χ0n) is 16.3. The SMILES string of the molecule is CCOc1c(I)cc(C=NNC(=O)CCNC(=O)c2ccc(Cl)c(Cl)c2)cc1OC. The summed E-state index contributed by atoms with van der Waals surface area (Å²) in [6, 6.07) is 8.19. The van der Waals surface area contributed by atoms with Crippen LogP contribution in [0.2, 0.25) is 10.0 Å². The van der Waals surface area contributed by atoms with Gasteiger partial charge in [-0.05, 0) is 65.4 Å². The Kier molecular flexibility index (Phi) is 9.67. The molecule has 0 aliphatic rings. The second-order valence-electron chi connectivity index (χ2n) is 5.90. The number of methoxy groups -OCH3 is 1. The van der Waals surface area contributed by atoms with Crippen LogP contribution in [0.3, 0.4) is 0 Å². The lowest BCUT2D eigenvalue weighted by atomic mass is 10.2. The summed E-state index contributed by atoms with van der Waals surface area (Å²) in [5.74, 6) is 0.565. The van der Waals surface area contributed by atoms with Crippen LogP contribution in [0.15, 0.2) is 35.4 Å². The molecule has 0 unspecified atom stereocenters. The van der Waals surface area contributed by atoms with Crippen LogP contribution in [-0.2, 0) is 4.79 Å². The third-order valence-corrected chi connectivity index (χ3v) is 5.30. The molecule has 2 aromatic rings. The van der Waals surface area contributed by atoms with Gasteiger partial charge in [0.1, 0.15) is 0 Å². The van der Waals surface area contributed by atoms with Crippen LogP contribution in [0.1, 0.15) is 29.3 Å². The number of ether oxygens (including phenoxy) is 2. The Balaban J connectivity index is 1.84. The highest BCUT2D eigenvalue weighted by atomic mass is 127. The van der Waals surface area contributed by atoms with Gasteiger partial charge in [-0.1, -0.05) is 23.2 Å². The molecule has 10 heteroatoms. The highest BCUT2D eigenvalue weighted by Crippen LogP contribution is 2.33. The molecule has 0 bridgehead atoms. The topological polar surface area (TPSA) is 89.0 Å². The van der Waals surface area contributed by atoms with Gasteiger partial charge in [0.05, 0.1) is 33.5 Å². The minimum absolute atomic E-state index is 0.0640. The van der Waals surface area contributed by atoms with Crippen LogP contribution in [0.5, 0.6) is 11.5 Å². The molecule has 2 amide bonds.